The highest BCUT2D eigenvalue weighted by Gasteiger charge is 2.27. The van der Waals surface area contributed by atoms with Crippen LogP contribution in [0.15, 0.2) is 29.6 Å². The molecule has 0 atom stereocenters. The Morgan fingerprint density at radius 1 is 1.09 bits per heavy atom. The quantitative estimate of drug-likeness (QED) is 0.609. The average molecular weight is 485 g/mol. The lowest BCUT2D eigenvalue weighted by atomic mass is 9.97. The molecule has 2 amide bonds. The van der Waals surface area contributed by atoms with Crippen LogP contribution >= 0.6 is 11.3 Å². The largest absolute Gasteiger partial charge is 0.491 e. The molecule has 0 spiro atoms. The number of ether oxygens (including phenoxy) is 1. The number of hydrogen-bond acceptors (Lipinski definition) is 6. The normalized spacial score (nSPS) is 17.7. The molecular formula is C26H36N4O3S. The van der Waals surface area contributed by atoms with Crippen LogP contribution in [0.4, 0.5) is 0 Å². The zero-order chi connectivity index (χ0) is 23.9. The molecule has 1 aromatic carbocycles. The molecule has 3 heterocycles. The fourth-order valence-corrected chi connectivity index (χ4v) is 5.61. The number of aromatic nitrogens is 1. The Morgan fingerprint density at radius 2 is 1.79 bits per heavy atom. The van der Waals surface area contributed by atoms with Crippen LogP contribution in [0.25, 0.3) is 0 Å². The molecule has 0 unspecified atom stereocenters. The van der Waals surface area contributed by atoms with E-state index in [2.05, 4.69) is 15.2 Å². The molecular weight excluding hydrogens is 448 g/mol. The van der Waals surface area contributed by atoms with Gasteiger partial charge in [-0.25, -0.2) is 4.98 Å². The standard InChI is InChI=1S/C26H36N4O3S/c1-19(2)33-22-8-6-21(7-9-22)26(32)30-15-10-20(11-16-30)25-28-23(18-34-25)24(31)27-12-17-29-13-4-3-5-14-29/h6-9,18-20H,3-5,10-17H2,1-2H3,(H,27,31). The Labute approximate surface area is 206 Å². The Balaban J connectivity index is 1.23. The second kappa shape index (κ2) is 11.8. The first-order chi connectivity index (χ1) is 16.5. The second-order valence-corrected chi connectivity index (χ2v) is 10.4. The van der Waals surface area contributed by atoms with Crippen molar-refractivity contribution in [3.05, 3.63) is 45.9 Å². The lowest BCUT2D eigenvalue weighted by Crippen LogP contribution is -2.38. The van der Waals surface area contributed by atoms with Crippen molar-refractivity contribution in [3.8, 4) is 5.75 Å². The van der Waals surface area contributed by atoms with Gasteiger partial charge in [0.1, 0.15) is 11.4 Å². The summed E-state index contributed by atoms with van der Waals surface area (Å²) >= 11 is 1.56. The number of carbonyl (C=O) groups is 2. The summed E-state index contributed by atoms with van der Waals surface area (Å²) in [6, 6.07) is 7.38. The SMILES string of the molecule is CC(C)Oc1ccc(C(=O)N2CCC(c3nc(C(=O)NCCN4CCCCC4)cs3)CC2)cc1. The molecule has 1 aromatic heterocycles. The van der Waals surface area contributed by atoms with Crippen LogP contribution in [0.5, 0.6) is 5.75 Å². The molecule has 2 fully saturated rings. The van der Waals surface area contributed by atoms with Gasteiger partial charge in [0, 0.05) is 43.0 Å². The number of thiazole rings is 1. The van der Waals surface area contributed by atoms with Crippen molar-refractivity contribution in [2.24, 2.45) is 0 Å². The molecule has 0 bridgehead atoms. The van der Waals surface area contributed by atoms with Crippen molar-refractivity contribution in [1.82, 2.24) is 20.1 Å². The molecule has 2 aliphatic rings. The van der Waals surface area contributed by atoms with Crippen molar-refractivity contribution in [1.29, 1.82) is 0 Å². The van der Waals surface area contributed by atoms with Crippen molar-refractivity contribution in [2.45, 2.75) is 58.0 Å². The van der Waals surface area contributed by atoms with Crippen LogP contribution in [-0.4, -0.2) is 72.0 Å². The van der Waals surface area contributed by atoms with Crippen LogP contribution in [0.3, 0.4) is 0 Å². The van der Waals surface area contributed by atoms with Gasteiger partial charge in [0.25, 0.3) is 11.8 Å². The molecule has 2 aliphatic heterocycles. The van der Waals surface area contributed by atoms with Gasteiger partial charge in [0.05, 0.1) is 11.1 Å². The van der Waals surface area contributed by atoms with Crippen LogP contribution in [-0.2, 0) is 0 Å². The summed E-state index contributed by atoms with van der Waals surface area (Å²) in [6.07, 6.45) is 5.67. The minimum atomic E-state index is -0.0861. The molecule has 184 valence electrons. The first-order valence-corrected chi connectivity index (χ1v) is 13.4. The van der Waals surface area contributed by atoms with Gasteiger partial charge in [-0.1, -0.05) is 6.42 Å². The van der Waals surface area contributed by atoms with Gasteiger partial charge in [-0.15, -0.1) is 11.3 Å². The molecule has 0 aliphatic carbocycles. The van der Waals surface area contributed by atoms with Crippen molar-refractivity contribution in [3.63, 3.8) is 0 Å². The Bertz CT molecular complexity index is 945. The van der Waals surface area contributed by atoms with Gasteiger partial charge in [-0.05, 0) is 76.9 Å². The summed E-state index contributed by atoms with van der Waals surface area (Å²) in [5, 5.41) is 5.89. The number of piperidine rings is 2. The highest BCUT2D eigenvalue weighted by atomic mass is 32.1. The van der Waals surface area contributed by atoms with E-state index in [1.807, 2.05) is 48.4 Å². The van der Waals surface area contributed by atoms with E-state index in [1.54, 1.807) is 11.3 Å². The summed E-state index contributed by atoms with van der Waals surface area (Å²) in [4.78, 5) is 34.4. The summed E-state index contributed by atoms with van der Waals surface area (Å²) < 4.78 is 5.66. The number of likely N-dealkylation sites (tertiary alicyclic amines) is 2. The minimum Gasteiger partial charge on any atom is -0.491 e. The predicted molar refractivity (Wildman–Crippen MR) is 135 cm³/mol. The lowest BCUT2D eigenvalue weighted by Gasteiger charge is -2.31. The van der Waals surface area contributed by atoms with E-state index in [9.17, 15) is 9.59 Å². The molecule has 4 rings (SSSR count). The van der Waals surface area contributed by atoms with E-state index in [1.165, 1.54) is 19.3 Å². The number of hydrogen-bond donors (Lipinski definition) is 1. The monoisotopic (exact) mass is 484 g/mol. The molecule has 34 heavy (non-hydrogen) atoms. The highest BCUT2D eigenvalue weighted by Crippen LogP contribution is 2.31. The summed E-state index contributed by atoms with van der Waals surface area (Å²) in [5.74, 6) is 1.05. The first kappa shape index (κ1) is 24.7. The average Bonchev–Trinajstić information content (AvgIpc) is 3.35. The summed E-state index contributed by atoms with van der Waals surface area (Å²) in [7, 11) is 0. The van der Waals surface area contributed by atoms with Crippen LogP contribution in [0.2, 0.25) is 0 Å². The Morgan fingerprint density at radius 3 is 2.47 bits per heavy atom. The number of amides is 2. The predicted octanol–water partition coefficient (Wildman–Crippen LogP) is 4.17. The van der Waals surface area contributed by atoms with Crippen LogP contribution < -0.4 is 10.1 Å². The number of nitrogens with zero attached hydrogens (tertiary/aromatic N) is 3. The Hall–Kier alpha value is -2.45. The number of nitrogens with one attached hydrogen (secondary N) is 1. The van der Waals surface area contributed by atoms with Crippen molar-refractivity contribution in [2.75, 3.05) is 39.3 Å². The zero-order valence-corrected chi connectivity index (χ0v) is 21.1. The molecule has 0 saturated carbocycles. The molecule has 2 saturated heterocycles. The van der Waals surface area contributed by atoms with Crippen molar-refractivity contribution >= 4 is 23.2 Å². The number of carbonyl (C=O) groups excluding carboxylic acids is 2. The lowest BCUT2D eigenvalue weighted by molar-refractivity contribution is 0.0713. The van der Waals surface area contributed by atoms with E-state index in [4.69, 9.17) is 4.74 Å². The maximum atomic E-state index is 12.9. The van der Waals surface area contributed by atoms with Crippen molar-refractivity contribution < 1.29 is 14.3 Å². The number of rotatable bonds is 8. The van der Waals surface area contributed by atoms with E-state index in [-0.39, 0.29) is 17.9 Å². The van der Waals surface area contributed by atoms with E-state index in [0.29, 0.717) is 36.8 Å². The maximum Gasteiger partial charge on any atom is 0.270 e. The fourth-order valence-electron chi connectivity index (χ4n) is 4.64. The van der Waals surface area contributed by atoms with Gasteiger partial charge in [0.15, 0.2) is 0 Å². The van der Waals surface area contributed by atoms with E-state index in [0.717, 1.165) is 43.2 Å². The molecule has 1 N–H and O–H groups in total. The van der Waals surface area contributed by atoms with Gasteiger partial charge >= 0.3 is 0 Å². The van der Waals surface area contributed by atoms with Crippen LogP contribution in [0, 0.1) is 0 Å². The third kappa shape index (κ3) is 6.57. The first-order valence-electron chi connectivity index (χ1n) is 12.5. The highest BCUT2D eigenvalue weighted by molar-refractivity contribution is 7.09. The molecule has 2 aromatic rings. The van der Waals surface area contributed by atoms with Gasteiger partial charge in [0.2, 0.25) is 0 Å². The van der Waals surface area contributed by atoms with E-state index < -0.39 is 0 Å². The maximum absolute atomic E-state index is 12.9. The molecule has 8 heteroatoms. The number of benzene rings is 1. The smallest absolute Gasteiger partial charge is 0.270 e. The Kier molecular flexibility index (Phi) is 8.56. The third-order valence-electron chi connectivity index (χ3n) is 6.52. The topological polar surface area (TPSA) is 74.8 Å². The van der Waals surface area contributed by atoms with Crippen LogP contribution in [0.1, 0.15) is 77.7 Å². The second-order valence-electron chi connectivity index (χ2n) is 9.49. The van der Waals surface area contributed by atoms with E-state index >= 15 is 0 Å². The van der Waals surface area contributed by atoms with Gasteiger partial charge < -0.3 is 19.9 Å². The van der Waals surface area contributed by atoms with Gasteiger partial charge in [-0.2, -0.15) is 0 Å². The van der Waals surface area contributed by atoms with Gasteiger partial charge in [-0.3, -0.25) is 9.59 Å². The fraction of sp³-hybridized carbons (Fsp3) is 0.577. The zero-order valence-electron chi connectivity index (χ0n) is 20.3. The molecule has 7 nitrogen and oxygen atoms in total. The molecule has 0 radical (unpaired) electrons. The summed E-state index contributed by atoms with van der Waals surface area (Å²) in [6.45, 7) is 9.20. The third-order valence-corrected chi connectivity index (χ3v) is 7.53. The minimum absolute atomic E-state index is 0.0578. The summed E-state index contributed by atoms with van der Waals surface area (Å²) in [5.41, 5.74) is 1.20.